The number of ether oxygens (including phenoxy) is 3. The number of benzene rings is 8. The van der Waals surface area contributed by atoms with E-state index in [0.29, 0.717) is 48.8 Å². The molecule has 42 heteroatoms. The zero-order valence-electron chi connectivity index (χ0n) is 60.5. The van der Waals surface area contributed by atoms with Crippen LogP contribution in [0.25, 0.3) is 0 Å². The standard InChI is InChI=1S/C17H17F2NO4S.C14H11ClFNO2.C11H14FNO4S.C10H11F2NO4S.C10H12FNO4S.C6H5ClFN.C3H7ClO2S/c1-2-10-25(22,23)20-14-9-8-13(18)15(16(14)19)17(21)24-11-12-6-4-3-5-7-12;15-10-6-7-11(17)13(16)12(10)14(18)19-8-9-4-2-1-3-5-9;1-3-7-18(15,16)13-9-6-4-5-8(10(9)12)11(14)17-2;1-2-5-18(16,17)13-7-4-3-6(11)8(9(7)12)10(14)15;1-2-6-17(15,16)12-8-5-3-4-7(9(8)11)10(13)14;7-4-1-2-6(9)5(8)3-4;1-2-3-7(4,5)6/h3-9,20H,2,10-11H2,1H3;1-7H,8,17H2;4-6,13H,3,7H2,1-2H3;3-4,13H,2,5H2,1H3,(H,14,15);3-5,12H,2,6H2,1H3,(H,13,14);1-3H,9H2;2-3H2,1H3. The van der Waals surface area contributed by atoms with E-state index in [9.17, 15) is 101 Å². The summed E-state index contributed by atoms with van der Waals surface area (Å²) in [5.74, 6) is -15.3. The molecule has 0 radical (unpaired) electrons. The Morgan fingerprint density at radius 1 is 0.389 bits per heavy atom. The molecular weight excluding hydrogens is 1680 g/mol. The number of halogens is 11. The van der Waals surface area contributed by atoms with E-state index in [1.807, 2.05) is 32.4 Å². The number of carbonyl (C=O) groups is 5. The van der Waals surface area contributed by atoms with Gasteiger partial charge in [-0.2, -0.15) is 0 Å². The number of nitrogens with two attached hydrogens (primary N) is 2. The molecule has 0 aliphatic heterocycles. The second-order valence-corrected chi connectivity index (χ2v) is 33.7. The molecule has 0 fully saturated rings. The lowest BCUT2D eigenvalue weighted by Gasteiger charge is -2.12. The van der Waals surface area contributed by atoms with Crippen molar-refractivity contribution in [2.24, 2.45) is 0 Å². The third-order valence-electron chi connectivity index (χ3n) is 13.3. The minimum Gasteiger partial charge on any atom is -0.478 e. The first-order valence-electron chi connectivity index (χ1n) is 32.6. The van der Waals surface area contributed by atoms with Crippen LogP contribution in [0.15, 0.2) is 152 Å². The molecule has 0 heterocycles. The SMILES string of the molecule is CCCS(=O)(=O)Cl.CCCS(=O)(=O)Nc1ccc(F)c(C(=O)O)c1F.CCCS(=O)(=O)Nc1ccc(F)c(C(=O)OCc2ccccc2)c1F.CCCS(=O)(=O)Nc1cccc(C(=O)O)c1F.CCCS(=O)(=O)Nc1cccc(C(=O)OC)c1F.Nc1ccc(Cl)c(C(=O)OCc2ccccc2)c1F.Nc1ccc(Cl)cc1F. The maximum atomic E-state index is 14.4. The molecule has 113 heavy (non-hydrogen) atoms. The van der Waals surface area contributed by atoms with Crippen molar-refractivity contribution in [3.8, 4) is 0 Å². The van der Waals surface area contributed by atoms with Crippen molar-refractivity contribution < 1.29 is 126 Å². The molecule has 0 saturated heterocycles. The van der Waals surface area contributed by atoms with Crippen LogP contribution in [0.5, 0.6) is 0 Å². The molecule has 0 unspecified atom stereocenters. The number of nitrogens with one attached hydrogen (secondary N) is 4. The molecule has 0 aromatic heterocycles. The van der Waals surface area contributed by atoms with Gasteiger partial charge in [0, 0.05) is 15.7 Å². The van der Waals surface area contributed by atoms with Gasteiger partial charge in [0.25, 0.3) is 0 Å². The van der Waals surface area contributed by atoms with Crippen LogP contribution in [0.3, 0.4) is 0 Å². The molecule has 8 aromatic rings. The van der Waals surface area contributed by atoms with Crippen molar-refractivity contribution in [3.05, 3.63) is 247 Å². The molecule has 0 aliphatic carbocycles. The lowest BCUT2D eigenvalue weighted by atomic mass is 10.1. The molecule has 618 valence electrons. The Hall–Kier alpha value is -10.0. The molecule has 0 aliphatic rings. The van der Waals surface area contributed by atoms with Crippen molar-refractivity contribution in [3.63, 3.8) is 0 Å². The van der Waals surface area contributed by atoms with Gasteiger partial charge in [-0.3, -0.25) is 18.9 Å². The highest BCUT2D eigenvalue weighted by molar-refractivity contribution is 8.13. The molecule has 0 spiro atoms. The third-order valence-corrected chi connectivity index (χ3v) is 21.2. The summed E-state index contributed by atoms with van der Waals surface area (Å²) in [5, 5.41) is 17.6. The van der Waals surface area contributed by atoms with Crippen molar-refractivity contribution in [2.45, 2.75) is 79.9 Å². The number of carbonyl (C=O) groups excluding carboxylic acids is 3. The zero-order valence-corrected chi connectivity index (χ0v) is 66.9. The summed E-state index contributed by atoms with van der Waals surface area (Å²) in [4.78, 5) is 56.3. The number of esters is 3. The zero-order chi connectivity index (χ0) is 85.8. The van der Waals surface area contributed by atoms with Crippen LogP contribution in [-0.2, 0) is 76.6 Å². The van der Waals surface area contributed by atoms with Gasteiger partial charge in [0.2, 0.25) is 49.1 Å². The fourth-order valence-corrected chi connectivity index (χ4v) is 14.2. The van der Waals surface area contributed by atoms with E-state index in [2.05, 4.69) is 9.46 Å². The number of aromatic carboxylic acids is 2. The number of sulfonamides is 4. The first kappa shape index (κ1) is 99.0. The van der Waals surface area contributed by atoms with E-state index in [1.165, 1.54) is 54.6 Å². The second kappa shape index (κ2) is 47.5. The fourth-order valence-electron chi connectivity index (χ4n) is 8.34. The number of hydrogen-bond acceptors (Lipinski definition) is 20. The van der Waals surface area contributed by atoms with Crippen LogP contribution in [0.4, 0.5) is 69.2 Å². The van der Waals surface area contributed by atoms with Crippen LogP contribution in [0, 0.1) is 46.5 Å². The van der Waals surface area contributed by atoms with Crippen molar-refractivity contribution in [1.29, 1.82) is 0 Å². The van der Waals surface area contributed by atoms with Crippen molar-refractivity contribution in [2.75, 3.05) is 66.2 Å². The Morgan fingerprint density at radius 2 is 0.752 bits per heavy atom. The fraction of sp³-hybridized carbons (Fsp3) is 0.254. The number of methoxy groups -OCH3 is 1. The van der Waals surface area contributed by atoms with Crippen LogP contribution in [0.1, 0.15) is 130 Å². The van der Waals surface area contributed by atoms with Crippen LogP contribution >= 0.6 is 33.9 Å². The largest absolute Gasteiger partial charge is 0.478 e. The molecule has 0 amide bonds. The average molecular weight is 1750 g/mol. The molecule has 0 saturated carbocycles. The summed E-state index contributed by atoms with van der Waals surface area (Å²) in [6.07, 6.45) is 2.02. The number of carboxylic acids is 2. The van der Waals surface area contributed by atoms with Gasteiger partial charge in [-0.25, -0.2) is 101 Å². The van der Waals surface area contributed by atoms with E-state index in [0.717, 1.165) is 36.9 Å². The maximum absolute atomic E-state index is 14.4. The van der Waals surface area contributed by atoms with E-state index in [1.54, 1.807) is 83.1 Å². The second-order valence-electron chi connectivity index (χ2n) is 22.5. The van der Waals surface area contributed by atoms with Crippen molar-refractivity contribution >= 4 is 147 Å². The first-order chi connectivity index (χ1) is 52.8. The Kier molecular flexibility index (Phi) is 41.6. The summed E-state index contributed by atoms with van der Waals surface area (Å²) in [7, 11) is -12.1. The van der Waals surface area contributed by atoms with Gasteiger partial charge in [0.1, 0.15) is 47.4 Å². The van der Waals surface area contributed by atoms with Gasteiger partial charge < -0.3 is 35.9 Å². The maximum Gasteiger partial charge on any atom is 0.344 e. The molecule has 0 atom stereocenters. The predicted molar refractivity (Wildman–Crippen MR) is 414 cm³/mol. The average Bonchev–Trinajstić information content (AvgIpc) is 0.823. The van der Waals surface area contributed by atoms with Crippen LogP contribution in [-0.4, -0.2) is 118 Å². The highest BCUT2D eigenvalue weighted by atomic mass is 35.7. The van der Waals surface area contributed by atoms with E-state index >= 15 is 0 Å². The molecule has 8 rings (SSSR count). The Bertz CT molecular complexity index is 5180. The van der Waals surface area contributed by atoms with Crippen LogP contribution in [0.2, 0.25) is 10.0 Å². The summed E-state index contributed by atoms with van der Waals surface area (Å²) in [5.41, 5.74) is 6.96. The number of hydrogen-bond donors (Lipinski definition) is 8. The van der Waals surface area contributed by atoms with E-state index < -0.39 is 154 Å². The van der Waals surface area contributed by atoms with Crippen molar-refractivity contribution in [1.82, 2.24) is 0 Å². The smallest absolute Gasteiger partial charge is 0.344 e. The summed E-state index contributed by atoms with van der Waals surface area (Å²) in [6, 6.07) is 35.1. The summed E-state index contributed by atoms with van der Waals surface area (Å²) in [6.45, 7) is 8.27. The van der Waals surface area contributed by atoms with Crippen LogP contribution < -0.4 is 30.4 Å². The predicted octanol–water partition coefficient (Wildman–Crippen LogP) is 15.2. The number of carboxylic acid groups (broad SMARTS) is 2. The first-order valence-corrected chi connectivity index (χ1v) is 42.5. The monoisotopic (exact) mass is 1750 g/mol. The quantitative estimate of drug-likeness (QED) is 0.00779. The number of anilines is 6. The number of rotatable bonds is 27. The van der Waals surface area contributed by atoms with E-state index in [-0.39, 0.29) is 80.9 Å². The van der Waals surface area contributed by atoms with Gasteiger partial charge in [-0.05, 0) is 122 Å². The number of nitrogen functional groups attached to an aromatic ring is 2. The molecule has 26 nitrogen and oxygen atoms in total. The van der Waals surface area contributed by atoms with Gasteiger partial charge in [-0.1, -0.05) is 131 Å². The lowest BCUT2D eigenvalue weighted by molar-refractivity contribution is 0.0455. The normalized spacial score (nSPS) is 10.9. The molecule has 8 aromatic carbocycles. The third kappa shape index (κ3) is 35.3. The lowest BCUT2D eigenvalue weighted by Crippen LogP contribution is -2.19. The topological polar surface area (TPSA) is 424 Å². The van der Waals surface area contributed by atoms with Gasteiger partial charge in [0.15, 0.2) is 29.1 Å². The highest BCUT2D eigenvalue weighted by Gasteiger charge is 2.27. The summed E-state index contributed by atoms with van der Waals surface area (Å²) < 4.78 is 243. The minimum absolute atomic E-state index is 0.0234. The summed E-state index contributed by atoms with van der Waals surface area (Å²) >= 11 is 11.2. The molecule has 0 bridgehead atoms. The molecule has 10 N–H and O–H groups in total. The minimum atomic E-state index is -3.78. The Balaban J connectivity index is 0.000000459. The van der Waals surface area contributed by atoms with Gasteiger partial charge in [-0.15, -0.1) is 0 Å². The van der Waals surface area contributed by atoms with E-state index in [4.69, 9.17) is 65.0 Å². The Labute approximate surface area is 661 Å². The van der Waals surface area contributed by atoms with Gasteiger partial charge >= 0.3 is 29.8 Å². The molecular formula is C71H77Cl3F8N6O20S5. The highest BCUT2D eigenvalue weighted by Crippen LogP contribution is 2.28. The Morgan fingerprint density at radius 3 is 1.11 bits per heavy atom. The van der Waals surface area contributed by atoms with Gasteiger partial charge in [0.05, 0.1) is 86.1 Å².